The Morgan fingerprint density at radius 3 is 2.41 bits per heavy atom. The van der Waals surface area contributed by atoms with Gasteiger partial charge in [0.05, 0.1) is 13.2 Å². The minimum Gasteiger partial charge on any atom is -0.494 e. The molecule has 0 radical (unpaired) electrons. The zero-order chi connectivity index (χ0) is 20.1. The van der Waals surface area contributed by atoms with Gasteiger partial charge in [-0.1, -0.05) is 12.1 Å². The van der Waals surface area contributed by atoms with E-state index in [1.165, 1.54) is 24.1 Å². The highest BCUT2D eigenvalue weighted by atomic mass is 16.5. The van der Waals surface area contributed by atoms with Crippen LogP contribution in [0.25, 0.3) is 0 Å². The first-order valence-electron chi connectivity index (χ1n) is 10.8. The van der Waals surface area contributed by atoms with Gasteiger partial charge in [-0.15, -0.1) is 0 Å². The third-order valence-corrected chi connectivity index (χ3v) is 5.91. The number of rotatable bonds is 7. The van der Waals surface area contributed by atoms with Crippen molar-refractivity contribution in [2.45, 2.75) is 38.6 Å². The zero-order valence-corrected chi connectivity index (χ0v) is 17.3. The molecule has 2 aromatic carbocycles. The Morgan fingerprint density at radius 2 is 1.72 bits per heavy atom. The first-order chi connectivity index (χ1) is 14.2. The van der Waals surface area contributed by atoms with Crippen LogP contribution in [-0.4, -0.2) is 43.6 Å². The molecule has 2 fully saturated rings. The van der Waals surface area contributed by atoms with E-state index < -0.39 is 0 Å². The maximum absolute atomic E-state index is 12.6. The summed E-state index contributed by atoms with van der Waals surface area (Å²) >= 11 is 0. The van der Waals surface area contributed by atoms with Crippen LogP contribution in [0.3, 0.4) is 0 Å². The second kappa shape index (κ2) is 9.31. The fourth-order valence-corrected chi connectivity index (χ4v) is 4.46. The summed E-state index contributed by atoms with van der Waals surface area (Å²) in [5, 5.41) is 3.07. The molecule has 1 amide bonds. The highest BCUT2D eigenvalue weighted by Gasteiger charge is 2.27. The number of hydrogen-bond donors (Lipinski definition) is 1. The molecule has 2 aliphatic rings. The summed E-state index contributed by atoms with van der Waals surface area (Å²) in [4.78, 5) is 17.3. The van der Waals surface area contributed by atoms with E-state index in [4.69, 9.17) is 4.74 Å². The van der Waals surface area contributed by atoms with Crippen LogP contribution < -0.4 is 15.0 Å². The van der Waals surface area contributed by atoms with E-state index in [9.17, 15) is 4.79 Å². The maximum Gasteiger partial charge on any atom is 0.238 e. The van der Waals surface area contributed by atoms with Crippen molar-refractivity contribution in [3.05, 3.63) is 54.1 Å². The van der Waals surface area contributed by atoms with Crippen LogP contribution in [0.5, 0.6) is 5.75 Å². The number of ether oxygens (including phenoxy) is 1. The van der Waals surface area contributed by atoms with Crippen LogP contribution >= 0.6 is 0 Å². The average Bonchev–Trinajstić information content (AvgIpc) is 3.42. The Bertz CT molecular complexity index is 798. The second-order valence-electron chi connectivity index (χ2n) is 7.92. The lowest BCUT2D eigenvalue weighted by Gasteiger charge is -2.24. The van der Waals surface area contributed by atoms with Crippen LogP contribution in [0.1, 0.15) is 44.2 Å². The topological polar surface area (TPSA) is 44.8 Å². The summed E-state index contributed by atoms with van der Waals surface area (Å²) in [6.07, 6.45) is 4.75. The van der Waals surface area contributed by atoms with Gasteiger partial charge >= 0.3 is 0 Å². The molecule has 0 spiro atoms. The lowest BCUT2D eigenvalue weighted by atomic mass is 10.0. The van der Waals surface area contributed by atoms with Crippen molar-refractivity contribution in [1.82, 2.24) is 4.90 Å². The number of nitrogens with zero attached hydrogens (tertiary/aromatic N) is 2. The Hall–Kier alpha value is -2.53. The molecule has 5 heteroatoms. The minimum atomic E-state index is 0.0526. The molecule has 1 atom stereocenters. The number of carbonyl (C=O) groups is 1. The third-order valence-electron chi connectivity index (χ3n) is 5.91. The smallest absolute Gasteiger partial charge is 0.238 e. The minimum absolute atomic E-state index is 0.0526. The van der Waals surface area contributed by atoms with Gasteiger partial charge < -0.3 is 15.0 Å². The van der Waals surface area contributed by atoms with Gasteiger partial charge in [0.1, 0.15) is 5.75 Å². The van der Waals surface area contributed by atoms with Crippen molar-refractivity contribution >= 4 is 17.3 Å². The number of amides is 1. The van der Waals surface area contributed by atoms with Gasteiger partial charge in [-0.3, -0.25) is 9.69 Å². The van der Waals surface area contributed by atoms with Crippen molar-refractivity contribution < 1.29 is 9.53 Å². The molecule has 1 N–H and O–H groups in total. The molecule has 2 saturated heterocycles. The summed E-state index contributed by atoms with van der Waals surface area (Å²) in [5.41, 5.74) is 3.37. The highest BCUT2D eigenvalue weighted by Crippen LogP contribution is 2.32. The van der Waals surface area contributed by atoms with Gasteiger partial charge in [-0.05, 0) is 81.1 Å². The Morgan fingerprint density at radius 1 is 1.00 bits per heavy atom. The Balaban J connectivity index is 1.33. The third kappa shape index (κ3) is 4.91. The van der Waals surface area contributed by atoms with Crippen LogP contribution in [0.2, 0.25) is 0 Å². The molecule has 0 unspecified atom stereocenters. The van der Waals surface area contributed by atoms with Crippen molar-refractivity contribution in [2.24, 2.45) is 0 Å². The molecular formula is C24H31N3O2. The molecule has 4 rings (SSSR count). The number of nitrogens with one attached hydrogen (secondary N) is 1. The van der Waals surface area contributed by atoms with Crippen LogP contribution in [0.15, 0.2) is 48.5 Å². The Kier molecular flexibility index (Phi) is 6.35. The van der Waals surface area contributed by atoms with E-state index >= 15 is 0 Å². The monoisotopic (exact) mass is 393 g/mol. The molecule has 0 saturated carbocycles. The van der Waals surface area contributed by atoms with Gasteiger partial charge in [0.15, 0.2) is 0 Å². The first kappa shape index (κ1) is 19.8. The number of carbonyl (C=O) groups excluding carboxylic acids is 1. The fourth-order valence-electron chi connectivity index (χ4n) is 4.46. The molecule has 2 aliphatic heterocycles. The molecule has 29 heavy (non-hydrogen) atoms. The second-order valence-corrected chi connectivity index (χ2v) is 7.92. The molecule has 0 aromatic heterocycles. The van der Waals surface area contributed by atoms with E-state index in [0.29, 0.717) is 19.2 Å². The number of likely N-dealkylation sites (tertiary alicyclic amines) is 1. The first-order valence-corrected chi connectivity index (χ1v) is 10.8. The van der Waals surface area contributed by atoms with Crippen LogP contribution in [-0.2, 0) is 4.79 Å². The number of anilines is 2. The lowest BCUT2D eigenvalue weighted by molar-refractivity contribution is -0.117. The highest BCUT2D eigenvalue weighted by molar-refractivity contribution is 5.92. The van der Waals surface area contributed by atoms with E-state index in [2.05, 4.69) is 39.4 Å². The number of hydrogen-bond acceptors (Lipinski definition) is 4. The zero-order valence-electron chi connectivity index (χ0n) is 17.3. The molecule has 154 valence electrons. The quantitative estimate of drug-likeness (QED) is 0.754. The van der Waals surface area contributed by atoms with Crippen molar-refractivity contribution in [1.29, 1.82) is 0 Å². The van der Waals surface area contributed by atoms with E-state index in [1.807, 2.05) is 31.2 Å². The van der Waals surface area contributed by atoms with Crippen molar-refractivity contribution in [3.8, 4) is 5.75 Å². The predicted octanol–water partition coefficient (Wildman–Crippen LogP) is 4.46. The number of benzene rings is 2. The van der Waals surface area contributed by atoms with E-state index in [1.54, 1.807) is 0 Å². The molecule has 2 heterocycles. The average molecular weight is 394 g/mol. The van der Waals surface area contributed by atoms with Gasteiger partial charge in [-0.25, -0.2) is 0 Å². The summed E-state index contributed by atoms with van der Waals surface area (Å²) in [6.45, 7) is 6.31. The predicted molar refractivity (Wildman–Crippen MR) is 118 cm³/mol. The molecular weight excluding hydrogens is 362 g/mol. The van der Waals surface area contributed by atoms with Crippen LogP contribution in [0.4, 0.5) is 11.4 Å². The van der Waals surface area contributed by atoms with Gasteiger partial charge in [0.25, 0.3) is 0 Å². The fraction of sp³-hybridized carbons (Fsp3) is 0.458. The van der Waals surface area contributed by atoms with E-state index in [-0.39, 0.29) is 5.91 Å². The van der Waals surface area contributed by atoms with Crippen molar-refractivity contribution in [3.63, 3.8) is 0 Å². The standard InChI is InChI=1S/C24H31N3O2/c1-2-29-22-13-7-19(8-14-22)23-6-5-17-27(23)18-24(28)25-20-9-11-21(12-10-20)26-15-3-4-16-26/h7-14,23H,2-6,15-18H2,1H3,(H,25,28)/t23-/m0/s1. The largest absolute Gasteiger partial charge is 0.494 e. The van der Waals surface area contributed by atoms with Gasteiger partial charge in [-0.2, -0.15) is 0 Å². The summed E-state index contributed by atoms with van der Waals surface area (Å²) < 4.78 is 5.54. The molecule has 0 bridgehead atoms. The summed E-state index contributed by atoms with van der Waals surface area (Å²) in [6, 6.07) is 16.9. The molecule has 0 aliphatic carbocycles. The normalized spacial score (nSPS) is 19.5. The van der Waals surface area contributed by atoms with Gasteiger partial charge in [0.2, 0.25) is 5.91 Å². The molecule has 5 nitrogen and oxygen atoms in total. The summed E-state index contributed by atoms with van der Waals surface area (Å²) in [5.74, 6) is 0.952. The van der Waals surface area contributed by atoms with Crippen molar-refractivity contribution in [2.75, 3.05) is 43.0 Å². The Labute approximate surface area is 173 Å². The molecule has 2 aromatic rings. The lowest BCUT2D eigenvalue weighted by Crippen LogP contribution is -2.32. The van der Waals surface area contributed by atoms with E-state index in [0.717, 1.165) is 43.9 Å². The van der Waals surface area contributed by atoms with Gasteiger partial charge in [0, 0.05) is 30.5 Å². The maximum atomic E-state index is 12.6. The SMILES string of the molecule is CCOc1ccc([C@@H]2CCCN2CC(=O)Nc2ccc(N3CCCC3)cc2)cc1. The summed E-state index contributed by atoms with van der Waals surface area (Å²) in [7, 11) is 0. The van der Waals surface area contributed by atoms with Crippen LogP contribution in [0, 0.1) is 0 Å².